The fraction of sp³-hybridized carbons (Fsp3) is 0.625. The highest BCUT2D eigenvalue weighted by atomic mass is 33.1. The lowest BCUT2D eigenvalue weighted by molar-refractivity contribution is 0.0992. The Morgan fingerprint density at radius 3 is 2.43 bits per heavy atom. The first kappa shape index (κ1) is 19.8. The highest BCUT2D eigenvalue weighted by molar-refractivity contribution is 8.77. The highest BCUT2D eigenvalue weighted by Gasteiger charge is 2.48. The van der Waals surface area contributed by atoms with Crippen molar-refractivity contribution in [3.05, 3.63) is 35.9 Å². The third-order valence-electron chi connectivity index (χ3n) is 3.36. The van der Waals surface area contributed by atoms with E-state index in [0.29, 0.717) is 6.61 Å². The zero-order valence-corrected chi connectivity index (χ0v) is 17.5. The summed E-state index contributed by atoms with van der Waals surface area (Å²) in [5, 5.41) is 0.129. The van der Waals surface area contributed by atoms with Gasteiger partial charge in [-0.1, -0.05) is 72.7 Å². The van der Waals surface area contributed by atoms with Gasteiger partial charge in [-0.25, -0.2) is 0 Å². The summed E-state index contributed by atoms with van der Waals surface area (Å²) in [6.07, 6.45) is -0.198. The van der Waals surface area contributed by atoms with Crippen molar-refractivity contribution < 1.29 is 13.9 Å². The summed E-state index contributed by atoms with van der Waals surface area (Å²) < 4.78 is 11.4. The highest BCUT2D eigenvalue weighted by Crippen LogP contribution is 2.63. The molecule has 0 bridgehead atoms. The van der Waals surface area contributed by atoms with Gasteiger partial charge in [0.25, 0.3) is 0 Å². The van der Waals surface area contributed by atoms with Crippen LogP contribution in [-0.4, -0.2) is 22.4 Å². The zero-order valence-electron chi connectivity index (χ0n) is 14.2. The summed E-state index contributed by atoms with van der Waals surface area (Å²) in [5.74, 6) is 0. The average Bonchev–Trinajstić information content (AvgIpc) is 2.72. The van der Waals surface area contributed by atoms with Gasteiger partial charge in [0, 0.05) is 4.75 Å². The van der Waals surface area contributed by atoms with E-state index < -0.39 is 6.72 Å². The molecule has 3 nitrogen and oxygen atoms in total. The van der Waals surface area contributed by atoms with E-state index in [2.05, 4.69) is 26.0 Å². The van der Waals surface area contributed by atoms with Crippen molar-refractivity contribution in [2.24, 2.45) is 5.41 Å². The van der Waals surface area contributed by atoms with Crippen LogP contribution in [0.15, 0.2) is 30.3 Å². The first-order valence-corrected chi connectivity index (χ1v) is 12.4. The van der Waals surface area contributed by atoms with Crippen molar-refractivity contribution in [2.45, 2.75) is 50.7 Å². The fourth-order valence-corrected chi connectivity index (χ4v) is 7.47. The van der Waals surface area contributed by atoms with Crippen molar-refractivity contribution in [2.75, 3.05) is 6.61 Å². The average molecular weight is 393 g/mol. The van der Waals surface area contributed by atoms with E-state index >= 15 is 0 Å². The Kier molecular flexibility index (Phi) is 6.33. The van der Waals surface area contributed by atoms with Gasteiger partial charge >= 0.3 is 6.72 Å². The monoisotopic (exact) mass is 392 g/mol. The molecule has 2 rings (SSSR count). The Bertz CT molecular complexity index is 572. The molecule has 1 fully saturated rings. The number of hydrogen-bond acceptors (Lipinski definition) is 5. The van der Waals surface area contributed by atoms with Gasteiger partial charge in [-0.3, -0.25) is 0 Å². The summed E-state index contributed by atoms with van der Waals surface area (Å²) in [6, 6.07) is 10.2. The predicted molar refractivity (Wildman–Crippen MR) is 105 cm³/mol. The molecule has 1 N–H and O–H groups in total. The van der Waals surface area contributed by atoms with E-state index in [9.17, 15) is 4.89 Å². The molecule has 7 heteroatoms. The van der Waals surface area contributed by atoms with Crippen molar-refractivity contribution in [3.63, 3.8) is 0 Å². The van der Waals surface area contributed by atoms with Crippen molar-refractivity contribution in [1.29, 1.82) is 0 Å². The molecule has 0 aliphatic carbocycles. The summed E-state index contributed by atoms with van der Waals surface area (Å²) in [5.41, 5.74) is 1.12. The Labute approximate surface area is 152 Å². The predicted octanol–water partition coefficient (Wildman–Crippen LogP) is 5.57. The molecule has 1 aliphatic heterocycles. The van der Waals surface area contributed by atoms with Gasteiger partial charge in [0.1, 0.15) is 0 Å². The van der Waals surface area contributed by atoms with Crippen molar-refractivity contribution >= 4 is 40.1 Å². The van der Waals surface area contributed by atoms with Gasteiger partial charge in [-0.2, -0.15) is 0 Å². The molecule has 1 heterocycles. The third-order valence-corrected chi connectivity index (χ3v) is 8.57. The molecule has 23 heavy (non-hydrogen) atoms. The molecule has 3 atom stereocenters. The van der Waals surface area contributed by atoms with E-state index in [0.717, 1.165) is 0 Å². The van der Waals surface area contributed by atoms with Crippen LogP contribution in [0.4, 0.5) is 0 Å². The lowest BCUT2D eigenvalue weighted by atomic mass is 9.98. The Morgan fingerprint density at radius 1 is 1.26 bits per heavy atom. The maximum atomic E-state index is 10.5. The smallest absolute Gasteiger partial charge is 0.324 e. The van der Waals surface area contributed by atoms with Crippen LogP contribution in [0.25, 0.3) is 0 Å². The molecular weight excluding hydrogens is 367 g/mol. The van der Waals surface area contributed by atoms with Crippen molar-refractivity contribution in [1.82, 2.24) is 0 Å². The molecule has 130 valence electrons. The topological polar surface area (TPSA) is 38.7 Å². The van der Waals surface area contributed by atoms with Crippen LogP contribution in [0.2, 0.25) is 0 Å². The molecule has 0 spiro atoms. The van der Waals surface area contributed by atoms with Gasteiger partial charge in [0.05, 0.1) is 18.0 Å². The first-order chi connectivity index (χ1) is 10.5. The normalized spacial score (nSPS) is 26.9. The Morgan fingerprint density at radius 2 is 1.87 bits per heavy atom. The van der Waals surface area contributed by atoms with E-state index in [1.54, 1.807) is 21.6 Å². The second kappa shape index (κ2) is 7.36. The minimum absolute atomic E-state index is 0.0658. The van der Waals surface area contributed by atoms with Gasteiger partial charge in [-0.15, -0.1) is 0 Å². The SMILES string of the molecule is CC(C)(C)COP(O)(=S)O[C@H]1[C@H](c2ccccc2)SSC1(C)C. The molecule has 0 saturated carbocycles. The second-order valence-corrected chi connectivity index (χ2v) is 13.2. The summed E-state index contributed by atoms with van der Waals surface area (Å²) in [4.78, 5) is 10.5. The fourth-order valence-electron chi connectivity index (χ4n) is 2.14. The number of rotatable bonds is 5. The summed E-state index contributed by atoms with van der Waals surface area (Å²) in [6.45, 7) is 7.48. The largest absolute Gasteiger partial charge is 0.324 e. The lowest BCUT2D eigenvalue weighted by Crippen LogP contribution is -2.34. The third kappa shape index (κ3) is 5.74. The van der Waals surface area contributed by atoms with Crippen LogP contribution in [0, 0.1) is 5.41 Å². The maximum Gasteiger partial charge on any atom is 0.324 e. The molecule has 1 aromatic rings. The zero-order chi connectivity index (χ0) is 17.3. The van der Waals surface area contributed by atoms with Crippen LogP contribution >= 0.6 is 28.3 Å². The quantitative estimate of drug-likeness (QED) is 0.522. The number of hydrogen-bond donors (Lipinski definition) is 1. The van der Waals surface area contributed by atoms with Crippen LogP contribution < -0.4 is 0 Å². The Hall–Kier alpha value is 0.450. The molecule has 0 aromatic heterocycles. The first-order valence-electron chi connectivity index (χ1n) is 7.55. The molecule has 1 unspecified atom stereocenters. The molecule has 0 radical (unpaired) electrons. The van der Waals surface area contributed by atoms with Gasteiger partial charge in [0.2, 0.25) is 0 Å². The molecule has 1 saturated heterocycles. The van der Waals surface area contributed by atoms with Crippen LogP contribution in [0.3, 0.4) is 0 Å². The van der Waals surface area contributed by atoms with E-state index in [1.807, 2.05) is 39.0 Å². The van der Waals surface area contributed by atoms with E-state index in [1.165, 1.54) is 5.56 Å². The van der Waals surface area contributed by atoms with Crippen LogP contribution in [0.1, 0.15) is 45.4 Å². The summed E-state index contributed by atoms with van der Waals surface area (Å²) in [7, 11) is 3.54. The number of benzene rings is 1. The molecule has 0 amide bonds. The maximum absolute atomic E-state index is 10.5. The molecular formula is C16H25O3PS3. The Balaban J connectivity index is 2.15. The van der Waals surface area contributed by atoms with Gasteiger partial charge in [0.15, 0.2) is 0 Å². The van der Waals surface area contributed by atoms with E-state index in [4.69, 9.17) is 20.9 Å². The minimum Gasteiger partial charge on any atom is -0.324 e. The molecule has 1 aliphatic rings. The van der Waals surface area contributed by atoms with Gasteiger partial charge < -0.3 is 13.9 Å². The van der Waals surface area contributed by atoms with Gasteiger partial charge in [-0.05, 0) is 36.6 Å². The van der Waals surface area contributed by atoms with Crippen LogP contribution in [0.5, 0.6) is 0 Å². The van der Waals surface area contributed by atoms with E-state index in [-0.39, 0.29) is 21.5 Å². The molecule has 1 aromatic carbocycles. The standard InChI is InChI=1S/C16H25O3PS3/c1-15(2,3)11-18-20(17,21)19-14-13(22-23-16(14,4)5)12-9-7-6-8-10-12/h6-10,13-14H,11H2,1-5H3,(H,17,21)/t13-,14-,20?/m0/s1. The minimum atomic E-state index is -3.27. The van der Waals surface area contributed by atoms with Crippen molar-refractivity contribution in [3.8, 4) is 0 Å². The lowest BCUT2D eigenvalue weighted by Gasteiger charge is -2.32. The second-order valence-electron chi connectivity index (χ2n) is 7.44. The summed E-state index contributed by atoms with van der Waals surface area (Å²) >= 11 is 5.26. The van der Waals surface area contributed by atoms with Crippen LogP contribution in [-0.2, 0) is 20.9 Å².